The van der Waals surface area contributed by atoms with Crippen LogP contribution in [0.5, 0.6) is 0 Å². The van der Waals surface area contributed by atoms with Gasteiger partial charge in [0.1, 0.15) is 18.2 Å². The lowest BCUT2D eigenvalue weighted by Gasteiger charge is -2.08. The van der Waals surface area contributed by atoms with E-state index in [0.717, 1.165) is 16.8 Å². The fourth-order valence-electron chi connectivity index (χ4n) is 1.49. The highest BCUT2D eigenvalue weighted by Crippen LogP contribution is 2.14. The summed E-state index contributed by atoms with van der Waals surface area (Å²) in [5.74, 6) is 0. The number of nitrogens with zero attached hydrogens (tertiary/aromatic N) is 3. The van der Waals surface area contributed by atoms with Gasteiger partial charge in [-0.1, -0.05) is 0 Å². The smallest absolute Gasteiger partial charge is 0.372 e. The van der Waals surface area contributed by atoms with Crippen molar-refractivity contribution in [3.63, 3.8) is 0 Å². The highest BCUT2D eigenvalue weighted by Gasteiger charge is 2.27. The van der Waals surface area contributed by atoms with Crippen LogP contribution in [0.2, 0.25) is 0 Å². The molecule has 0 aliphatic carbocycles. The number of halogens is 3. The molecule has 114 valence electrons. The monoisotopic (exact) mass is 305 g/mol. The Balaban J connectivity index is 2.71. The van der Waals surface area contributed by atoms with Gasteiger partial charge in [0.2, 0.25) is 0 Å². The molecular formula is C11H10F3N3O4. The Kier molecular flexibility index (Phi) is 5.43. The summed E-state index contributed by atoms with van der Waals surface area (Å²) in [4.78, 5) is 21.6. The minimum Gasteiger partial charge on any atom is -0.372 e. The van der Waals surface area contributed by atoms with E-state index in [4.69, 9.17) is 5.26 Å². The van der Waals surface area contributed by atoms with Crippen molar-refractivity contribution in [3.8, 4) is 6.07 Å². The molecule has 0 N–H and O–H groups in total. The molecule has 0 amide bonds. The fourth-order valence-corrected chi connectivity index (χ4v) is 1.49. The van der Waals surface area contributed by atoms with E-state index in [-0.39, 0.29) is 19.6 Å². The van der Waals surface area contributed by atoms with Crippen molar-refractivity contribution in [2.75, 3.05) is 13.2 Å². The molecule has 1 aromatic rings. The van der Waals surface area contributed by atoms with E-state index in [2.05, 4.69) is 4.74 Å². The predicted molar refractivity (Wildman–Crippen MR) is 63.6 cm³/mol. The van der Waals surface area contributed by atoms with Crippen molar-refractivity contribution in [2.45, 2.75) is 19.1 Å². The SMILES string of the molecule is N#Cc1cc([N+](=O)[O-])cn(CCCOCC(F)(F)F)c1=O. The Hall–Kier alpha value is -2.41. The first-order chi connectivity index (χ1) is 9.74. The number of nitro groups is 1. The van der Waals surface area contributed by atoms with E-state index in [0.29, 0.717) is 0 Å². The first-order valence-corrected chi connectivity index (χ1v) is 5.68. The molecule has 0 aliphatic rings. The van der Waals surface area contributed by atoms with E-state index in [1.54, 1.807) is 0 Å². The molecule has 0 saturated carbocycles. The normalized spacial score (nSPS) is 11.1. The Labute approximate surface area is 116 Å². The first-order valence-electron chi connectivity index (χ1n) is 5.68. The van der Waals surface area contributed by atoms with Gasteiger partial charge in [0.25, 0.3) is 11.2 Å². The van der Waals surface area contributed by atoms with Crippen LogP contribution in [0.3, 0.4) is 0 Å². The summed E-state index contributed by atoms with van der Waals surface area (Å²) in [7, 11) is 0. The molecule has 1 rings (SSSR count). The lowest BCUT2D eigenvalue weighted by molar-refractivity contribution is -0.385. The zero-order valence-corrected chi connectivity index (χ0v) is 10.6. The number of rotatable bonds is 6. The van der Waals surface area contributed by atoms with Crippen LogP contribution >= 0.6 is 0 Å². The molecule has 0 radical (unpaired) electrons. The van der Waals surface area contributed by atoms with Gasteiger partial charge in [-0.15, -0.1) is 0 Å². The van der Waals surface area contributed by atoms with Crippen molar-refractivity contribution >= 4 is 5.69 Å². The molecule has 1 aromatic heterocycles. The highest BCUT2D eigenvalue weighted by atomic mass is 19.4. The Morgan fingerprint density at radius 3 is 2.67 bits per heavy atom. The molecule has 0 atom stereocenters. The van der Waals surface area contributed by atoms with Gasteiger partial charge in [0.05, 0.1) is 11.1 Å². The van der Waals surface area contributed by atoms with Crippen LogP contribution < -0.4 is 5.56 Å². The van der Waals surface area contributed by atoms with Crippen LogP contribution in [0.25, 0.3) is 0 Å². The van der Waals surface area contributed by atoms with Gasteiger partial charge in [-0.25, -0.2) is 0 Å². The van der Waals surface area contributed by atoms with Gasteiger partial charge in [-0.05, 0) is 6.42 Å². The zero-order valence-electron chi connectivity index (χ0n) is 10.6. The number of aromatic nitrogens is 1. The zero-order chi connectivity index (χ0) is 16.0. The Morgan fingerprint density at radius 2 is 2.14 bits per heavy atom. The van der Waals surface area contributed by atoms with Crippen LogP contribution in [0.4, 0.5) is 18.9 Å². The van der Waals surface area contributed by atoms with Gasteiger partial charge in [-0.3, -0.25) is 14.9 Å². The maximum absolute atomic E-state index is 11.8. The van der Waals surface area contributed by atoms with E-state index >= 15 is 0 Å². The largest absolute Gasteiger partial charge is 0.411 e. The number of hydrogen-bond acceptors (Lipinski definition) is 5. The molecule has 7 nitrogen and oxygen atoms in total. The highest BCUT2D eigenvalue weighted by molar-refractivity contribution is 5.37. The van der Waals surface area contributed by atoms with Gasteiger partial charge >= 0.3 is 6.18 Å². The molecule has 10 heteroatoms. The van der Waals surface area contributed by atoms with Crippen LogP contribution in [0, 0.1) is 21.4 Å². The average molecular weight is 305 g/mol. The summed E-state index contributed by atoms with van der Waals surface area (Å²) in [6.07, 6.45) is -3.45. The molecular weight excluding hydrogens is 295 g/mol. The summed E-state index contributed by atoms with van der Waals surface area (Å²) >= 11 is 0. The molecule has 0 aromatic carbocycles. The first kappa shape index (κ1) is 16.6. The third kappa shape index (κ3) is 5.23. The Bertz CT molecular complexity index is 619. The van der Waals surface area contributed by atoms with E-state index in [1.807, 2.05) is 0 Å². The second kappa shape index (κ2) is 6.85. The van der Waals surface area contributed by atoms with Gasteiger partial charge in [0, 0.05) is 19.2 Å². The maximum Gasteiger partial charge on any atom is 0.411 e. The molecule has 1 heterocycles. The number of hydrogen-bond donors (Lipinski definition) is 0. The number of pyridine rings is 1. The second-order valence-corrected chi connectivity index (χ2v) is 4.00. The number of ether oxygens (including phenoxy) is 1. The lowest BCUT2D eigenvalue weighted by atomic mass is 10.2. The minimum absolute atomic E-state index is 0.0437. The van der Waals surface area contributed by atoms with E-state index in [1.165, 1.54) is 6.07 Å². The standard InChI is InChI=1S/C11H10F3N3O4/c12-11(13,14)7-21-3-1-2-16-6-9(17(19)20)4-8(5-15)10(16)18/h4,6H,1-3,7H2. The van der Waals surface area contributed by atoms with E-state index in [9.17, 15) is 28.1 Å². The van der Waals surface area contributed by atoms with Crippen LogP contribution in [-0.4, -0.2) is 28.9 Å². The van der Waals surface area contributed by atoms with Gasteiger partial charge in [-0.2, -0.15) is 18.4 Å². The number of aryl methyl sites for hydroxylation is 1. The maximum atomic E-state index is 11.8. The second-order valence-electron chi connectivity index (χ2n) is 4.00. The minimum atomic E-state index is -4.43. The Morgan fingerprint density at radius 1 is 1.48 bits per heavy atom. The molecule has 0 fully saturated rings. The summed E-state index contributed by atoms with van der Waals surface area (Å²) in [5.41, 5.74) is -1.58. The molecule has 0 spiro atoms. The van der Waals surface area contributed by atoms with Crippen molar-refractivity contribution in [1.29, 1.82) is 5.26 Å². The van der Waals surface area contributed by atoms with E-state index < -0.39 is 34.5 Å². The quantitative estimate of drug-likeness (QED) is 0.451. The lowest BCUT2D eigenvalue weighted by Crippen LogP contribution is -2.24. The van der Waals surface area contributed by atoms with Crippen LogP contribution in [0.15, 0.2) is 17.1 Å². The van der Waals surface area contributed by atoms with Crippen molar-refractivity contribution < 1.29 is 22.8 Å². The van der Waals surface area contributed by atoms with Crippen molar-refractivity contribution in [1.82, 2.24) is 4.57 Å². The molecule has 0 saturated heterocycles. The topological polar surface area (TPSA) is 98.2 Å². The predicted octanol–water partition coefficient (Wildman–Crippen LogP) is 1.60. The molecule has 21 heavy (non-hydrogen) atoms. The summed E-state index contributed by atoms with van der Waals surface area (Å²) in [6, 6.07) is 2.38. The number of alkyl halides is 3. The van der Waals surface area contributed by atoms with Crippen LogP contribution in [0.1, 0.15) is 12.0 Å². The summed E-state index contributed by atoms with van der Waals surface area (Å²) < 4.78 is 40.7. The third-order valence-electron chi connectivity index (χ3n) is 2.36. The number of nitriles is 1. The van der Waals surface area contributed by atoms with Crippen molar-refractivity contribution in [2.24, 2.45) is 0 Å². The average Bonchev–Trinajstić information content (AvgIpc) is 2.38. The van der Waals surface area contributed by atoms with Gasteiger partial charge < -0.3 is 9.30 Å². The molecule has 0 unspecified atom stereocenters. The molecule has 0 bridgehead atoms. The van der Waals surface area contributed by atoms with Crippen molar-refractivity contribution in [3.05, 3.63) is 38.3 Å². The van der Waals surface area contributed by atoms with Gasteiger partial charge in [0.15, 0.2) is 0 Å². The van der Waals surface area contributed by atoms with Crippen LogP contribution in [-0.2, 0) is 11.3 Å². The third-order valence-corrected chi connectivity index (χ3v) is 2.36. The molecule has 0 aliphatic heterocycles. The summed E-state index contributed by atoms with van der Waals surface area (Å²) in [6.45, 7) is -1.76. The summed E-state index contributed by atoms with van der Waals surface area (Å²) in [5, 5.41) is 19.4. The fraction of sp³-hybridized carbons (Fsp3) is 0.455.